The molecule has 0 N–H and O–H groups in total. The summed E-state index contributed by atoms with van der Waals surface area (Å²) >= 11 is 1.65. The van der Waals surface area contributed by atoms with E-state index in [0.717, 1.165) is 17.7 Å². The van der Waals surface area contributed by atoms with Gasteiger partial charge >= 0.3 is 0 Å². The summed E-state index contributed by atoms with van der Waals surface area (Å²) in [6.45, 7) is 0. The van der Waals surface area contributed by atoms with E-state index in [9.17, 15) is 8.42 Å². The van der Waals surface area contributed by atoms with Crippen molar-refractivity contribution in [1.29, 1.82) is 0 Å². The Kier molecular flexibility index (Phi) is 3.94. The third kappa shape index (κ3) is 3.36. The van der Waals surface area contributed by atoms with Crippen molar-refractivity contribution >= 4 is 21.6 Å². The van der Waals surface area contributed by atoms with Gasteiger partial charge in [0.05, 0.1) is 4.90 Å². The molecule has 0 saturated heterocycles. The van der Waals surface area contributed by atoms with Gasteiger partial charge in [-0.15, -0.1) is 11.8 Å². The second kappa shape index (κ2) is 5.27. The lowest BCUT2D eigenvalue weighted by Crippen LogP contribution is -2.05. The molecular weight excluding hydrogens is 252 g/mol. The van der Waals surface area contributed by atoms with Gasteiger partial charge < -0.3 is 0 Å². The van der Waals surface area contributed by atoms with E-state index in [1.54, 1.807) is 23.9 Å². The molecule has 1 aromatic carbocycles. The molecule has 0 heterocycles. The van der Waals surface area contributed by atoms with Crippen LogP contribution in [-0.4, -0.2) is 19.9 Å². The largest absolute Gasteiger partial charge is 0.224 e. The van der Waals surface area contributed by atoms with Crippen LogP contribution in [0.25, 0.3) is 0 Å². The fourth-order valence-electron chi connectivity index (χ4n) is 1.90. The average molecular weight is 268 g/mol. The van der Waals surface area contributed by atoms with Gasteiger partial charge in [0.1, 0.15) is 0 Å². The SMILES string of the molecule is CS(=O)(=O)c1ccccc1SC1C=CCCC1. The van der Waals surface area contributed by atoms with Crippen LogP contribution < -0.4 is 0 Å². The molecule has 0 amide bonds. The molecule has 4 heteroatoms. The summed E-state index contributed by atoms with van der Waals surface area (Å²) in [5.41, 5.74) is 0. The molecule has 0 saturated carbocycles. The summed E-state index contributed by atoms with van der Waals surface area (Å²) in [6, 6.07) is 7.24. The van der Waals surface area contributed by atoms with E-state index in [2.05, 4.69) is 12.2 Å². The highest BCUT2D eigenvalue weighted by atomic mass is 32.2. The van der Waals surface area contributed by atoms with Crippen molar-refractivity contribution in [3.8, 4) is 0 Å². The molecule has 0 bridgehead atoms. The number of hydrogen-bond donors (Lipinski definition) is 0. The lowest BCUT2D eigenvalue weighted by Gasteiger charge is -2.17. The number of hydrogen-bond acceptors (Lipinski definition) is 3. The minimum atomic E-state index is -3.13. The van der Waals surface area contributed by atoms with Crippen molar-refractivity contribution in [2.45, 2.75) is 34.3 Å². The fourth-order valence-corrected chi connectivity index (χ4v) is 4.40. The molecule has 92 valence electrons. The van der Waals surface area contributed by atoms with Gasteiger partial charge in [-0.05, 0) is 31.4 Å². The van der Waals surface area contributed by atoms with Crippen molar-refractivity contribution in [3.05, 3.63) is 36.4 Å². The summed E-state index contributed by atoms with van der Waals surface area (Å²) in [5.74, 6) is 0. The summed E-state index contributed by atoms with van der Waals surface area (Å²) in [4.78, 5) is 1.32. The molecule has 1 aromatic rings. The Morgan fingerprint density at radius 1 is 1.29 bits per heavy atom. The maximum atomic E-state index is 11.7. The first-order valence-electron chi connectivity index (χ1n) is 5.70. The Balaban J connectivity index is 2.26. The summed E-state index contributed by atoms with van der Waals surface area (Å²) in [6.07, 6.45) is 9.10. The molecule has 0 radical (unpaired) electrons. The number of allylic oxidation sites excluding steroid dienone is 1. The van der Waals surface area contributed by atoms with Crippen LogP contribution in [-0.2, 0) is 9.84 Å². The quantitative estimate of drug-likeness (QED) is 0.789. The predicted octanol–water partition coefficient (Wildman–Crippen LogP) is 3.29. The second-order valence-corrected chi connectivity index (χ2v) is 7.50. The van der Waals surface area contributed by atoms with Crippen LogP contribution in [0.1, 0.15) is 19.3 Å². The van der Waals surface area contributed by atoms with Gasteiger partial charge in [0, 0.05) is 16.4 Å². The van der Waals surface area contributed by atoms with E-state index in [0.29, 0.717) is 10.1 Å². The normalized spacial score (nSPS) is 20.4. The van der Waals surface area contributed by atoms with Crippen molar-refractivity contribution in [2.75, 3.05) is 6.26 Å². The van der Waals surface area contributed by atoms with Crippen molar-refractivity contribution in [2.24, 2.45) is 0 Å². The van der Waals surface area contributed by atoms with Crippen LogP contribution in [0.15, 0.2) is 46.2 Å². The maximum Gasteiger partial charge on any atom is 0.176 e. The Labute approximate surface area is 107 Å². The molecule has 2 rings (SSSR count). The zero-order valence-corrected chi connectivity index (χ0v) is 11.4. The first kappa shape index (κ1) is 12.7. The molecule has 0 fully saturated rings. The number of benzene rings is 1. The third-order valence-corrected chi connectivity index (χ3v) is 5.33. The highest BCUT2D eigenvalue weighted by Gasteiger charge is 2.16. The number of thioether (sulfide) groups is 1. The Bertz CT molecular complexity index is 518. The van der Waals surface area contributed by atoms with E-state index in [1.807, 2.05) is 12.1 Å². The zero-order valence-electron chi connectivity index (χ0n) is 9.80. The first-order chi connectivity index (χ1) is 8.07. The standard InChI is InChI=1S/C13H16O2S2/c1-17(14,15)13-10-6-5-9-12(13)16-11-7-3-2-4-8-11/h3,5-7,9-11H,2,4,8H2,1H3. The van der Waals surface area contributed by atoms with Gasteiger partial charge in [-0.1, -0.05) is 24.3 Å². The summed E-state index contributed by atoms with van der Waals surface area (Å²) in [5, 5.41) is 0.409. The minimum absolute atomic E-state index is 0.409. The van der Waals surface area contributed by atoms with Crippen molar-refractivity contribution < 1.29 is 8.42 Å². The van der Waals surface area contributed by atoms with Crippen LogP contribution in [0.3, 0.4) is 0 Å². The van der Waals surface area contributed by atoms with E-state index in [1.165, 1.54) is 12.7 Å². The van der Waals surface area contributed by atoms with Crippen LogP contribution >= 0.6 is 11.8 Å². The second-order valence-electron chi connectivity index (χ2n) is 4.23. The highest BCUT2D eigenvalue weighted by molar-refractivity contribution is 8.01. The van der Waals surface area contributed by atoms with E-state index < -0.39 is 9.84 Å². The molecule has 1 unspecified atom stereocenters. The molecule has 0 spiro atoms. The Morgan fingerprint density at radius 2 is 2.06 bits per heavy atom. The summed E-state index contributed by atoms with van der Waals surface area (Å²) in [7, 11) is -3.13. The molecule has 1 aliphatic rings. The van der Waals surface area contributed by atoms with Gasteiger partial charge in [-0.2, -0.15) is 0 Å². The van der Waals surface area contributed by atoms with Crippen molar-refractivity contribution in [1.82, 2.24) is 0 Å². The lowest BCUT2D eigenvalue weighted by molar-refractivity contribution is 0.600. The van der Waals surface area contributed by atoms with E-state index in [4.69, 9.17) is 0 Å². The number of rotatable bonds is 3. The van der Waals surface area contributed by atoms with Crippen LogP contribution in [0.4, 0.5) is 0 Å². The molecule has 0 aliphatic heterocycles. The zero-order chi connectivity index (χ0) is 12.3. The van der Waals surface area contributed by atoms with Crippen LogP contribution in [0.2, 0.25) is 0 Å². The van der Waals surface area contributed by atoms with Gasteiger partial charge in [0.15, 0.2) is 9.84 Å². The number of sulfone groups is 1. The van der Waals surface area contributed by atoms with E-state index in [-0.39, 0.29) is 0 Å². The molecular formula is C13H16O2S2. The fraction of sp³-hybridized carbons (Fsp3) is 0.385. The minimum Gasteiger partial charge on any atom is -0.224 e. The monoisotopic (exact) mass is 268 g/mol. The van der Waals surface area contributed by atoms with Crippen LogP contribution in [0, 0.1) is 0 Å². The topological polar surface area (TPSA) is 34.1 Å². The molecule has 2 nitrogen and oxygen atoms in total. The van der Waals surface area contributed by atoms with Gasteiger partial charge in [-0.3, -0.25) is 0 Å². The molecule has 17 heavy (non-hydrogen) atoms. The van der Waals surface area contributed by atoms with E-state index >= 15 is 0 Å². The van der Waals surface area contributed by atoms with Crippen LogP contribution in [0.5, 0.6) is 0 Å². The van der Waals surface area contributed by atoms with Gasteiger partial charge in [-0.25, -0.2) is 8.42 Å². The highest BCUT2D eigenvalue weighted by Crippen LogP contribution is 2.33. The third-order valence-electron chi connectivity index (χ3n) is 2.74. The predicted molar refractivity (Wildman–Crippen MR) is 72.2 cm³/mol. The molecule has 1 atom stereocenters. The molecule has 0 aromatic heterocycles. The van der Waals surface area contributed by atoms with Crippen molar-refractivity contribution in [3.63, 3.8) is 0 Å². The smallest absolute Gasteiger partial charge is 0.176 e. The van der Waals surface area contributed by atoms with Gasteiger partial charge in [0.25, 0.3) is 0 Å². The first-order valence-corrected chi connectivity index (χ1v) is 8.47. The lowest BCUT2D eigenvalue weighted by atomic mass is 10.1. The Hall–Kier alpha value is -0.740. The average Bonchev–Trinajstić information content (AvgIpc) is 2.30. The summed E-state index contributed by atoms with van der Waals surface area (Å²) < 4.78 is 23.3. The molecule has 1 aliphatic carbocycles. The maximum absolute atomic E-state index is 11.7. The van der Waals surface area contributed by atoms with Gasteiger partial charge in [0.2, 0.25) is 0 Å². The Morgan fingerprint density at radius 3 is 2.71 bits per heavy atom.